The van der Waals surface area contributed by atoms with E-state index < -0.39 is 0 Å². The highest BCUT2D eigenvalue weighted by Gasteiger charge is 2.04. The van der Waals surface area contributed by atoms with Gasteiger partial charge in [-0.3, -0.25) is 4.79 Å². The van der Waals surface area contributed by atoms with Crippen molar-refractivity contribution in [1.82, 2.24) is 5.32 Å². The van der Waals surface area contributed by atoms with Crippen molar-refractivity contribution in [3.8, 4) is 0 Å². The van der Waals surface area contributed by atoms with Crippen LogP contribution in [0.15, 0.2) is 0 Å². The third-order valence-corrected chi connectivity index (χ3v) is 1.48. The Morgan fingerprint density at radius 1 is 1.78 bits per heavy atom. The number of carbonyl (C=O) groups excluding carboxylic acids is 1. The normalized spacial score (nSPS) is 12.8. The fraction of sp³-hybridized carbons (Fsp3) is 0.833. The van der Waals surface area contributed by atoms with Crippen LogP contribution in [0.3, 0.4) is 0 Å². The number of rotatable bonds is 3. The highest BCUT2D eigenvalue weighted by molar-refractivity contribution is 14.1. The summed E-state index contributed by atoms with van der Waals surface area (Å²) in [6.07, 6.45) is 1.01. The second kappa shape index (κ2) is 5.02. The van der Waals surface area contributed by atoms with Crippen molar-refractivity contribution in [2.24, 2.45) is 0 Å². The predicted octanol–water partition coefficient (Wildman–Crippen LogP) is 1.34. The quantitative estimate of drug-likeness (QED) is 0.586. The molecule has 3 heteroatoms. The maximum Gasteiger partial charge on any atom is 0.232 e. The summed E-state index contributed by atoms with van der Waals surface area (Å²) in [5.74, 6) is 0.137. The largest absolute Gasteiger partial charge is 0.355 e. The number of nitrogens with one attached hydrogen (secondary N) is 1. The van der Waals surface area contributed by atoms with Crippen molar-refractivity contribution in [1.29, 1.82) is 0 Å². The number of amides is 1. The molecule has 0 bridgehead atoms. The molecule has 9 heavy (non-hydrogen) atoms. The SMILES string of the molecule is CCCNC(=O)C(C)I. The summed E-state index contributed by atoms with van der Waals surface area (Å²) in [4.78, 5) is 10.8. The smallest absolute Gasteiger partial charge is 0.232 e. The van der Waals surface area contributed by atoms with Crippen molar-refractivity contribution >= 4 is 28.5 Å². The van der Waals surface area contributed by atoms with Gasteiger partial charge in [0.05, 0.1) is 3.92 Å². The Hall–Kier alpha value is 0.200. The van der Waals surface area contributed by atoms with Gasteiger partial charge in [-0.25, -0.2) is 0 Å². The van der Waals surface area contributed by atoms with Crippen molar-refractivity contribution in [3.05, 3.63) is 0 Å². The maximum atomic E-state index is 10.8. The molecule has 0 aromatic heterocycles. The maximum absolute atomic E-state index is 10.8. The van der Waals surface area contributed by atoms with E-state index in [2.05, 4.69) is 27.9 Å². The van der Waals surface area contributed by atoms with Gasteiger partial charge in [-0.05, 0) is 13.3 Å². The third kappa shape index (κ3) is 4.69. The van der Waals surface area contributed by atoms with E-state index in [-0.39, 0.29) is 9.83 Å². The van der Waals surface area contributed by atoms with E-state index >= 15 is 0 Å². The molecule has 0 aliphatic carbocycles. The van der Waals surface area contributed by atoms with E-state index in [1.54, 1.807) is 0 Å². The number of hydrogen-bond donors (Lipinski definition) is 1. The van der Waals surface area contributed by atoms with Crippen molar-refractivity contribution < 1.29 is 4.79 Å². The zero-order chi connectivity index (χ0) is 7.28. The lowest BCUT2D eigenvalue weighted by atomic mass is 10.4. The first kappa shape index (κ1) is 9.20. The molecule has 0 saturated heterocycles. The fourth-order valence-electron chi connectivity index (χ4n) is 0.389. The van der Waals surface area contributed by atoms with E-state index in [0.29, 0.717) is 0 Å². The second-order valence-electron chi connectivity index (χ2n) is 1.91. The lowest BCUT2D eigenvalue weighted by Crippen LogP contribution is -2.29. The molecule has 0 saturated carbocycles. The molecule has 1 N–H and O–H groups in total. The van der Waals surface area contributed by atoms with Crippen molar-refractivity contribution in [3.63, 3.8) is 0 Å². The summed E-state index contributed by atoms with van der Waals surface area (Å²) >= 11 is 2.10. The van der Waals surface area contributed by atoms with Gasteiger partial charge in [0.25, 0.3) is 0 Å². The molecule has 54 valence electrons. The molecule has 0 aromatic carbocycles. The Labute approximate surface area is 69.5 Å². The summed E-state index contributed by atoms with van der Waals surface area (Å²) in [5.41, 5.74) is 0. The van der Waals surface area contributed by atoms with Crippen LogP contribution in [0.25, 0.3) is 0 Å². The summed E-state index contributed by atoms with van der Waals surface area (Å²) < 4.78 is 0.0918. The zero-order valence-electron chi connectivity index (χ0n) is 5.78. The minimum Gasteiger partial charge on any atom is -0.355 e. The lowest BCUT2D eigenvalue weighted by Gasteiger charge is -2.03. The van der Waals surface area contributed by atoms with Crippen LogP contribution < -0.4 is 5.32 Å². The van der Waals surface area contributed by atoms with E-state index in [4.69, 9.17) is 0 Å². The van der Waals surface area contributed by atoms with Crippen LogP contribution in [-0.4, -0.2) is 16.4 Å². The highest BCUT2D eigenvalue weighted by Crippen LogP contribution is 1.96. The molecule has 1 atom stereocenters. The molecule has 0 aliphatic heterocycles. The molecule has 1 amide bonds. The Bertz CT molecular complexity index is 93.1. The first-order valence-corrected chi connectivity index (χ1v) is 4.34. The monoisotopic (exact) mass is 241 g/mol. The topological polar surface area (TPSA) is 29.1 Å². The van der Waals surface area contributed by atoms with Crippen LogP contribution in [0.5, 0.6) is 0 Å². The number of alkyl halides is 1. The minimum absolute atomic E-state index is 0.0918. The van der Waals surface area contributed by atoms with Crippen LogP contribution in [0.4, 0.5) is 0 Å². The van der Waals surface area contributed by atoms with Crippen LogP contribution in [-0.2, 0) is 4.79 Å². The molecule has 0 fully saturated rings. The second-order valence-corrected chi connectivity index (χ2v) is 3.78. The van der Waals surface area contributed by atoms with Gasteiger partial charge >= 0.3 is 0 Å². The Morgan fingerprint density at radius 2 is 2.33 bits per heavy atom. The molecule has 0 aromatic rings. The standard InChI is InChI=1S/C6H12INO/c1-3-4-8-6(9)5(2)7/h5H,3-4H2,1-2H3,(H,8,9). The van der Waals surface area contributed by atoms with Crippen LogP contribution in [0, 0.1) is 0 Å². The van der Waals surface area contributed by atoms with E-state index in [1.165, 1.54) is 0 Å². The molecule has 0 radical (unpaired) electrons. The Morgan fingerprint density at radius 3 is 2.67 bits per heavy atom. The van der Waals surface area contributed by atoms with E-state index in [1.807, 2.05) is 13.8 Å². The fourth-order valence-corrected chi connectivity index (χ4v) is 0.609. The number of halogens is 1. The van der Waals surface area contributed by atoms with Gasteiger partial charge in [0.15, 0.2) is 0 Å². The Balaban J connectivity index is 3.28. The summed E-state index contributed by atoms with van der Waals surface area (Å²) in [6, 6.07) is 0. The van der Waals surface area contributed by atoms with Gasteiger partial charge < -0.3 is 5.32 Å². The number of carbonyl (C=O) groups is 1. The predicted molar refractivity (Wildman–Crippen MR) is 46.8 cm³/mol. The molecule has 0 aliphatic rings. The average molecular weight is 241 g/mol. The van der Waals surface area contributed by atoms with Crippen LogP contribution in [0.2, 0.25) is 0 Å². The summed E-state index contributed by atoms with van der Waals surface area (Å²) in [7, 11) is 0. The summed E-state index contributed by atoms with van der Waals surface area (Å²) in [6.45, 7) is 4.72. The molecule has 1 unspecified atom stereocenters. The van der Waals surface area contributed by atoms with Crippen molar-refractivity contribution in [2.45, 2.75) is 24.2 Å². The van der Waals surface area contributed by atoms with Crippen LogP contribution in [0.1, 0.15) is 20.3 Å². The first-order valence-electron chi connectivity index (χ1n) is 3.10. The van der Waals surface area contributed by atoms with E-state index in [0.717, 1.165) is 13.0 Å². The molecular formula is C6H12INO. The molecule has 2 nitrogen and oxygen atoms in total. The van der Waals surface area contributed by atoms with Crippen molar-refractivity contribution in [2.75, 3.05) is 6.54 Å². The van der Waals surface area contributed by atoms with Gasteiger partial charge in [-0.1, -0.05) is 29.5 Å². The number of hydrogen-bond acceptors (Lipinski definition) is 1. The first-order chi connectivity index (χ1) is 4.18. The zero-order valence-corrected chi connectivity index (χ0v) is 7.94. The van der Waals surface area contributed by atoms with Gasteiger partial charge in [-0.15, -0.1) is 0 Å². The lowest BCUT2D eigenvalue weighted by molar-refractivity contribution is -0.119. The highest BCUT2D eigenvalue weighted by atomic mass is 127. The van der Waals surface area contributed by atoms with Gasteiger partial charge in [-0.2, -0.15) is 0 Å². The van der Waals surface area contributed by atoms with E-state index in [9.17, 15) is 4.79 Å². The average Bonchev–Trinajstić information content (AvgIpc) is 1.82. The minimum atomic E-state index is 0.0918. The van der Waals surface area contributed by atoms with Crippen LogP contribution >= 0.6 is 22.6 Å². The summed E-state index contributed by atoms with van der Waals surface area (Å²) in [5, 5.41) is 2.79. The molecular weight excluding hydrogens is 229 g/mol. The van der Waals surface area contributed by atoms with Gasteiger partial charge in [0, 0.05) is 6.54 Å². The third-order valence-electron chi connectivity index (χ3n) is 0.911. The van der Waals surface area contributed by atoms with Gasteiger partial charge in [0.1, 0.15) is 0 Å². The Kier molecular flexibility index (Phi) is 5.13. The molecule has 0 rings (SSSR count). The van der Waals surface area contributed by atoms with Gasteiger partial charge in [0.2, 0.25) is 5.91 Å². The molecule has 0 spiro atoms. The molecule has 0 heterocycles.